The maximum Gasteiger partial charge on any atom is 0.251 e. The van der Waals surface area contributed by atoms with Crippen LogP contribution in [0.4, 0.5) is 0 Å². The number of halogens is 2. The molecule has 0 radical (unpaired) electrons. The number of allylic oxidation sites excluding steroid dienone is 2. The van der Waals surface area contributed by atoms with Gasteiger partial charge in [-0.25, -0.2) is 0 Å². The van der Waals surface area contributed by atoms with Crippen LogP contribution in [0.25, 0.3) is 0 Å². The predicted octanol–water partition coefficient (Wildman–Crippen LogP) is 6.79. The minimum atomic E-state index is -1.93. The van der Waals surface area contributed by atoms with Crippen LogP contribution in [0.1, 0.15) is 57.8 Å². The van der Waals surface area contributed by atoms with E-state index in [1.807, 2.05) is 12.2 Å². The second-order valence-corrected chi connectivity index (χ2v) is 12.6. The third kappa shape index (κ3) is 12.7. The van der Waals surface area contributed by atoms with Crippen LogP contribution in [-0.4, -0.2) is 6.69 Å². The van der Waals surface area contributed by atoms with E-state index in [0.29, 0.717) is 0 Å². The van der Waals surface area contributed by atoms with Crippen molar-refractivity contribution in [2.75, 3.05) is 0 Å². The average molecular weight is 307 g/mol. The lowest BCUT2D eigenvalue weighted by molar-refractivity contribution is 0.670. The number of hydrogen-bond donors (Lipinski definition) is 0. The van der Waals surface area contributed by atoms with Gasteiger partial charge in [0.15, 0.2) is 0 Å². The third-order valence-electron chi connectivity index (χ3n) is 3.15. The van der Waals surface area contributed by atoms with E-state index in [9.17, 15) is 0 Å². The zero-order valence-corrected chi connectivity index (χ0v) is 14.1. The molecular weight excluding hydrogens is 279 g/mol. The third-order valence-corrected chi connectivity index (χ3v) is 7.59. The van der Waals surface area contributed by atoms with Crippen molar-refractivity contribution in [3.05, 3.63) is 25.3 Å². The Labute approximate surface area is 124 Å². The molecule has 0 unspecified atom stereocenters. The molecule has 0 aromatic rings. The molecule has 0 saturated heterocycles. The Morgan fingerprint density at radius 2 is 1.06 bits per heavy atom. The molecule has 0 fully saturated rings. The second-order valence-electron chi connectivity index (χ2n) is 4.99. The summed E-state index contributed by atoms with van der Waals surface area (Å²) >= 11 is 12.9. The van der Waals surface area contributed by atoms with Gasteiger partial charge < -0.3 is 0 Å². The van der Waals surface area contributed by atoms with E-state index < -0.39 is 6.69 Å². The molecule has 0 aliphatic rings. The first-order valence-corrected chi connectivity index (χ1v) is 11.7. The van der Waals surface area contributed by atoms with Gasteiger partial charge in [-0.3, -0.25) is 0 Å². The lowest BCUT2D eigenvalue weighted by Gasteiger charge is -2.16. The fraction of sp³-hybridized carbons (Fsp3) is 0.733. The summed E-state index contributed by atoms with van der Waals surface area (Å²) in [6, 6.07) is 2.12. The summed E-state index contributed by atoms with van der Waals surface area (Å²) in [6.45, 7) is 5.53. The van der Waals surface area contributed by atoms with Gasteiger partial charge in [-0.2, -0.15) is 0 Å². The zero-order chi connectivity index (χ0) is 13.7. The molecule has 0 aliphatic carbocycles. The van der Waals surface area contributed by atoms with E-state index in [2.05, 4.69) is 13.2 Å². The maximum absolute atomic E-state index is 6.46. The smallest absolute Gasteiger partial charge is 0.146 e. The van der Waals surface area contributed by atoms with E-state index >= 15 is 0 Å². The van der Waals surface area contributed by atoms with E-state index in [0.717, 1.165) is 24.9 Å². The summed E-state index contributed by atoms with van der Waals surface area (Å²) in [5.41, 5.74) is 0. The molecule has 3 heteroatoms. The Morgan fingerprint density at radius 1 is 0.667 bits per heavy atom. The van der Waals surface area contributed by atoms with E-state index in [4.69, 9.17) is 22.2 Å². The van der Waals surface area contributed by atoms with Gasteiger partial charge in [0.05, 0.1) is 0 Å². The van der Waals surface area contributed by atoms with Gasteiger partial charge in [-0.1, -0.05) is 44.3 Å². The largest absolute Gasteiger partial charge is 0.251 e. The molecule has 106 valence electrons. The van der Waals surface area contributed by atoms with Crippen molar-refractivity contribution in [2.24, 2.45) is 0 Å². The molecule has 0 amide bonds. The van der Waals surface area contributed by atoms with Gasteiger partial charge >= 0.3 is 0 Å². The highest BCUT2D eigenvalue weighted by atomic mass is 35.7. The first kappa shape index (κ1) is 18.3. The molecule has 0 spiro atoms. The topological polar surface area (TPSA) is 0 Å². The van der Waals surface area contributed by atoms with Crippen molar-refractivity contribution in [1.29, 1.82) is 0 Å². The molecule has 0 rings (SSSR count). The summed E-state index contributed by atoms with van der Waals surface area (Å²) < 4.78 is 0. The number of hydrogen-bond acceptors (Lipinski definition) is 0. The van der Waals surface area contributed by atoms with Crippen LogP contribution in [0.15, 0.2) is 25.3 Å². The molecule has 0 aromatic heterocycles. The van der Waals surface area contributed by atoms with Gasteiger partial charge in [0.25, 0.3) is 6.69 Å². The highest BCUT2D eigenvalue weighted by molar-refractivity contribution is 7.45. The lowest BCUT2D eigenvalue weighted by atomic mass is 10.1. The van der Waals surface area contributed by atoms with Crippen LogP contribution in [-0.2, 0) is 0 Å². The highest BCUT2D eigenvalue weighted by Crippen LogP contribution is 2.30. The predicted molar refractivity (Wildman–Crippen MR) is 89.0 cm³/mol. The van der Waals surface area contributed by atoms with Crippen LogP contribution < -0.4 is 0 Å². The Bertz CT molecular complexity index is 215. The van der Waals surface area contributed by atoms with Crippen molar-refractivity contribution in [3.8, 4) is 0 Å². The van der Waals surface area contributed by atoms with Crippen LogP contribution >= 0.6 is 22.2 Å². The fourth-order valence-corrected chi connectivity index (χ4v) is 5.39. The fourth-order valence-electron chi connectivity index (χ4n) is 2.00. The molecule has 0 heterocycles. The lowest BCUT2D eigenvalue weighted by Crippen LogP contribution is -2.18. The van der Waals surface area contributed by atoms with E-state index in [-0.39, 0.29) is 0 Å². The quantitative estimate of drug-likeness (QED) is 0.152. The van der Waals surface area contributed by atoms with Gasteiger partial charge in [0.1, 0.15) is 0 Å². The van der Waals surface area contributed by atoms with E-state index in [1.165, 1.54) is 44.9 Å². The second kappa shape index (κ2) is 12.3. The van der Waals surface area contributed by atoms with Gasteiger partial charge in [0.2, 0.25) is 0 Å². The maximum atomic E-state index is 6.46. The van der Waals surface area contributed by atoms with Crippen LogP contribution in [0.3, 0.4) is 0 Å². The van der Waals surface area contributed by atoms with Crippen molar-refractivity contribution in [1.82, 2.24) is 0 Å². The van der Waals surface area contributed by atoms with E-state index in [1.54, 1.807) is 0 Å². The van der Waals surface area contributed by atoms with Crippen molar-refractivity contribution < 1.29 is 0 Å². The Hall–Kier alpha value is 0.277. The number of unbranched alkanes of at least 4 members (excludes halogenated alkanes) is 7. The first-order valence-electron chi connectivity index (χ1n) is 7.22. The molecule has 0 aromatic carbocycles. The minimum absolute atomic E-state index is 1.06. The van der Waals surface area contributed by atoms with Gasteiger partial charge in [-0.05, 0) is 37.8 Å². The molecule has 0 saturated carbocycles. The summed E-state index contributed by atoms with van der Waals surface area (Å²) in [6.07, 6.45) is 14.9. The normalized spacial score (nSPS) is 11.4. The molecular formula is C15H28Cl2Si. The summed E-state index contributed by atoms with van der Waals surface area (Å²) in [4.78, 5) is 0. The Morgan fingerprint density at radius 3 is 1.50 bits per heavy atom. The van der Waals surface area contributed by atoms with Crippen LogP contribution in [0.5, 0.6) is 0 Å². The molecule has 0 aliphatic heterocycles. The molecule has 18 heavy (non-hydrogen) atoms. The SMILES string of the molecule is C=CCCCCCC[Si](Cl)(Cl)CCCCCC=C. The number of rotatable bonds is 13. The molecule has 0 N–H and O–H groups in total. The molecule has 0 nitrogen and oxygen atoms in total. The molecule has 0 atom stereocenters. The standard InChI is InChI=1S/C15H28Cl2Si/c1-3-5-7-9-11-13-15-18(16,17)14-12-10-8-6-4-2/h3-4H,1-2,5-15H2. The molecule has 0 bridgehead atoms. The zero-order valence-electron chi connectivity index (χ0n) is 11.6. The van der Waals surface area contributed by atoms with Crippen molar-refractivity contribution >= 4 is 28.9 Å². The van der Waals surface area contributed by atoms with Gasteiger partial charge in [0, 0.05) is 0 Å². The first-order chi connectivity index (χ1) is 8.62. The minimum Gasteiger partial charge on any atom is -0.146 e. The summed E-state index contributed by atoms with van der Waals surface area (Å²) in [5.74, 6) is 0. The van der Waals surface area contributed by atoms with Crippen LogP contribution in [0.2, 0.25) is 12.1 Å². The highest BCUT2D eigenvalue weighted by Gasteiger charge is 2.26. The summed E-state index contributed by atoms with van der Waals surface area (Å²) in [7, 11) is 0. The Kier molecular flexibility index (Phi) is 12.5. The Balaban J connectivity index is 3.42. The summed E-state index contributed by atoms with van der Waals surface area (Å²) in [5, 5.41) is 0. The van der Waals surface area contributed by atoms with Gasteiger partial charge in [-0.15, -0.1) is 35.3 Å². The van der Waals surface area contributed by atoms with Crippen LogP contribution in [0, 0.1) is 0 Å². The average Bonchev–Trinajstić information content (AvgIpc) is 2.33. The van der Waals surface area contributed by atoms with Crippen molar-refractivity contribution in [2.45, 2.75) is 69.9 Å². The van der Waals surface area contributed by atoms with Crippen molar-refractivity contribution in [3.63, 3.8) is 0 Å². The monoisotopic (exact) mass is 306 g/mol.